The molecule has 0 aromatic heterocycles. The third-order valence-electron chi connectivity index (χ3n) is 3.33. The third-order valence-corrected chi connectivity index (χ3v) is 6.29. The number of carboxylic acids is 1. The van der Waals surface area contributed by atoms with Crippen LogP contribution < -0.4 is 0 Å². The molecule has 0 aromatic rings. The quantitative estimate of drug-likeness (QED) is 0.572. The number of carboxylic acid groups (broad SMARTS) is 1. The second-order valence-electron chi connectivity index (χ2n) is 5.38. The molecule has 0 unspecified atom stereocenters. The molecule has 2 saturated heterocycles. The van der Waals surface area contributed by atoms with Gasteiger partial charge in [0, 0.05) is 4.75 Å². The number of fused-ring (bicyclic) bond motifs is 1. The molecule has 0 aliphatic carbocycles. The van der Waals surface area contributed by atoms with Crippen LogP contribution in [0.4, 0.5) is 0 Å². The van der Waals surface area contributed by atoms with Crippen LogP contribution in [0.25, 0.3) is 0 Å². The lowest BCUT2D eigenvalue weighted by atomic mass is 9.97. The van der Waals surface area contributed by atoms with Crippen molar-refractivity contribution in [1.29, 1.82) is 0 Å². The molecule has 0 spiro atoms. The average molecular weight is 323 g/mol. The summed E-state index contributed by atoms with van der Waals surface area (Å²) in [4.78, 5) is 24.5. The molecule has 2 heterocycles. The number of hydrogen-bond donors (Lipinski definition) is 1. The molecule has 2 aliphatic heterocycles. The molecule has 2 fully saturated rings. The Morgan fingerprint density at radius 2 is 2.10 bits per heavy atom. The SMILES string of the molecule is CCCS(=O)(=O)O[C@@H]1C(=O)N2[C@@H]1SC(C)(C)[C@@H]2C(=O)O. The first-order valence-electron chi connectivity index (χ1n) is 6.24. The summed E-state index contributed by atoms with van der Waals surface area (Å²) in [6, 6.07) is -0.960. The number of carbonyl (C=O) groups is 2. The topological polar surface area (TPSA) is 101 Å². The van der Waals surface area contributed by atoms with Crippen molar-refractivity contribution in [1.82, 2.24) is 4.90 Å². The summed E-state index contributed by atoms with van der Waals surface area (Å²) in [6.45, 7) is 5.14. The Hall–Kier alpha value is -0.800. The summed E-state index contributed by atoms with van der Waals surface area (Å²) in [5.41, 5.74) is 0. The predicted molar refractivity (Wildman–Crippen MR) is 72.7 cm³/mol. The van der Waals surface area contributed by atoms with Crippen LogP contribution in [0.3, 0.4) is 0 Å². The van der Waals surface area contributed by atoms with E-state index in [9.17, 15) is 23.1 Å². The van der Waals surface area contributed by atoms with Crippen LogP contribution >= 0.6 is 11.8 Å². The minimum Gasteiger partial charge on any atom is -0.480 e. The van der Waals surface area contributed by atoms with E-state index in [1.807, 2.05) is 0 Å². The molecule has 2 rings (SSSR count). The molecule has 1 amide bonds. The minimum absolute atomic E-state index is 0.153. The van der Waals surface area contributed by atoms with E-state index in [0.29, 0.717) is 6.42 Å². The van der Waals surface area contributed by atoms with E-state index in [0.717, 1.165) is 0 Å². The highest BCUT2D eigenvalue weighted by Gasteiger charge is 2.65. The Kier molecular flexibility index (Phi) is 3.81. The van der Waals surface area contributed by atoms with E-state index in [2.05, 4.69) is 0 Å². The van der Waals surface area contributed by atoms with E-state index in [-0.39, 0.29) is 5.75 Å². The zero-order chi connectivity index (χ0) is 15.3. The van der Waals surface area contributed by atoms with Crippen LogP contribution in [0.2, 0.25) is 0 Å². The summed E-state index contributed by atoms with van der Waals surface area (Å²) in [5.74, 6) is -1.81. The molecule has 0 aromatic carbocycles. The first kappa shape index (κ1) is 15.6. The van der Waals surface area contributed by atoms with E-state index in [1.165, 1.54) is 16.7 Å². The van der Waals surface area contributed by atoms with Gasteiger partial charge in [-0.25, -0.2) is 4.79 Å². The van der Waals surface area contributed by atoms with Crippen LogP contribution in [0.5, 0.6) is 0 Å². The zero-order valence-electron chi connectivity index (χ0n) is 11.4. The van der Waals surface area contributed by atoms with Crippen molar-refractivity contribution in [2.45, 2.75) is 49.5 Å². The standard InChI is InChI=1S/C11H17NO6S2/c1-4-5-20(16,17)18-6-8(13)12-7(10(14)15)11(2,3)19-9(6)12/h6-7,9H,4-5H2,1-3H3,(H,14,15)/t6-,7+,9-/m1/s1. The molecule has 0 radical (unpaired) electrons. The Labute approximate surface area is 121 Å². The van der Waals surface area contributed by atoms with Crippen LogP contribution in [0.15, 0.2) is 0 Å². The highest BCUT2D eigenvalue weighted by atomic mass is 32.2. The van der Waals surface area contributed by atoms with E-state index in [1.54, 1.807) is 20.8 Å². The molecule has 7 nitrogen and oxygen atoms in total. The third kappa shape index (κ3) is 2.42. The maximum Gasteiger partial charge on any atom is 0.327 e. The highest BCUT2D eigenvalue weighted by molar-refractivity contribution is 8.01. The van der Waals surface area contributed by atoms with Gasteiger partial charge in [0.2, 0.25) is 0 Å². The van der Waals surface area contributed by atoms with Crippen molar-refractivity contribution in [3.05, 3.63) is 0 Å². The predicted octanol–water partition coefficient (Wildman–Crippen LogP) is 0.258. The van der Waals surface area contributed by atoms with Crippen LogP contribution in [0, 0.1) is 0 Å². The molecule has 9 heteroatoms. The Bertz CT molecular complexity index is 543. The van der Waals surface area contributed by atoms with E-state index >= 15 is 0 Å². The fourth-order valence-corrected chi connectivity index (χ4v) is 5.29. The van der Waals surface area contributed by atoms with E-state index in [4.69, 9.17) is 4.18 Å². The normalized spacial score (nSPS) is 31.9. The number of carbonyl (C=O) groups excluding carboxylic acids is 1. The Morgan fingerprint density at radius 1 is 1.50 bits per heavy atom. The molecule has 20 heavy (non-hydrogen) atoms. The number of β-lactam (4-membered cyclic amide) rings is 1. The van der Waals surface area contributed by atoms with Gasteiger partial charge in [-0.15, -0.1) is 11.8 Å². The lowest BCUT2D eigenvalue weighted by Gasteiger charge is -2.42. The summed E-state index contributed by atoms with van der Waals surface area (Å²) in [7, 11) is -3.75. The van der Waals surface area contributed by atoms with Gasteiger partial charge >= 0.3 is 5.97 Å². The summed E-state index contributed by atoms with van der Waals surface area (Å²) < 4.78 is 27.5. The van der Waals surface area contributed by atoms with Crippen LogP contribution in [-0.2, 0) is 23.9 Å². The Morgan fingerprint density at radius 3 is 2.60 bits per heavy atom. The van der Waals surface area contributed by atoms with Gasteiger partial charge in [0.25, 0.3) is 16.0 Å². The van der Waals surface area contributed by atoms with Crippen molar-refractivity contribution in [3.8, 4) is 0 Å². The van der Waals surface area contributed by atoms with Gasteiger partial charge in [0.05, 0.1) is 5.75 Å². The number of thioether (sulfide) groups is 1. The van der Waals surface area contributed by atoms with Gasteiger partial charge in [-0.1, -0.05) is 6.92 Å². The zero-order valence-corrected chi connectivity index (χ0v) is 13.0. The first-order chi connectivity index (χ1) is 9.10. The van der Waals surface area contributed by atoms with Gasteiger partial charge in [-0.3, -0.25) is 8.98 Å². The number of aliphatic carboxylic acids is 1. The fourth-order valence-electron chi connectivity index (χ4n) is 2.52. The van der Waals surface area contributed by atoms with Crippen molar-refractivity contribution >= 4 is 33.8 Å². The number of hydrogen-bond acceptors (Lipinski definition) is 6. The van der Waals surface area contributed by atoms with Crippen molar-refractivity contribution < 1.29 is 27.3 Å². The molecule has 0 saturated carbocycles. The monoisotopic (exact) mass is 323 g/mol. The van der Waals surface area contributed by atoms with Crippen molar-refractivity contribution in [2.24, 2.45) is 0 Å². The molecule has 0 bridgehead atoms. The van der Waals surface area contributed by atoms with Crippen LogP contribution in [0.1, 0.15) is 27.2 Å². The number of amides is 1. The smallest absolute Gasteiger partial charge is 0.327 e. The average Bonchev–Trinajstić information content (AvgIpc) is 2.55. The van der Waals surface area contributed by atoms with Gasteiger partial charge in [0.1, 0.15) is 11.4 Å². The summed E-state index contributed by atoms with van der Waals surface area (Å²) >= 11 is 1.26. The van der Waals surface area contributed by atoms with Crippen LogP contribution in [-0.4, -0.2) is 58.3 Å². The minimum atomic E-state index is -3.75. The molecular weight excluding hydrogens is 306 g/mol. The van der Waals surface area contributed by atoms with E-state index < -0.39 is 44.3 Å². The van der Waals surface area contributed by atoms with Crippen molar-refractivity contribution in [3.63, 3.8) is 0 Å². The summed E-state index contributed by atoms with van der Waals surface area (Å²) in [5, 5.41) is 8.67. The lowest BCUT2D eigenvalue weighted by Crippen LogP contribution is -2.66. The second kappa shape index (κ2) is 4.88. The molecular formula is C11H17NO6S2. The molecule has 1 N–H and O–H groups in total. The van der Waals surface area contributed by atoms with Gasteiger partial charge in [-0.2, -0.15) is 8.42 Å². The van der Waals surface area contributed by atoms with Gasteiger partial charge < -0.3 is 10.0 Å². The fraction of sp³-hybridized carbons (Fsp3) is 0.818. The van der Waals surface area contributed by atoms with Crippen molar-refractivity contribution in [2.75, 3.05) is 5.75 Å². The van der Waals surface area contributed by atoms with Gasteiger partial charge in [-0.05, 0) is 20.3 Å². The highest BCUT2D eigenvalue weighted by Crippen LogP contribution is 2.51. The summed E-state index contributed by atoms with van der Waals surface area (Å²) in [6.07, 6.45) is -0.700. The molecule has 114 valence electrons. The molecule has 3 atom stereocenters. The van der Waals surface area contributed by atoms with Gasteiger partial charge in [0.15, 0.2) is 6.10 Å². The maximum absolute atomic E-state index is 12.0. The lowest BCUT2D eigenvalue weighted by molar-refractivity contribution is -0.167. The molecule has 2 aliphatic rings. The number of nitrogens with zero attached hydrogens (tertiary/aromatic N) is 1. The first-order valence-corrected chi connectivity index (χ1v) is 8.70. The Balaban J connectivity index is 2.17. The number of rotatable bonds is 5. The largest absolute Gasteiger partial charge is 0.480 e. The second-order valence-corrected chi connectivity index (χ2v) is 8.86. The maximum atomic E-state index is 12.0.